The number of hydrogen-bond acceptors (Lipinski definition) is 1. The van der Waals surface area contributed by atoms with E-state index in [1.807, 2.05) is 7.11 Å². The first-order valence-corrected chi connectivity index (χ1v) is 7.52. The first-order valence-electron chi connectivity index (χ1n) is 7.52. The Labute approximate surface area is 108 Å². The van der Waals surface area contributed by atoms with E-state index >= 15 is 0 Å². The van der Waals surface area contributed by atoms with Gasteiger partial charge in [0.25, 0.3) is 0 Å². The fourth-order valence-corrected chi connectivity index (χ4v) is 2.73. The lowest BCUT2D eigenvalue weighted by atomic mass is 9.93. The second-order valence-corrected chi connectivity index (χ2v) is 5.50. The van der Waals surface area contributed by atoms with Crippen molar-refractivity contribution in [3.05, 3.63) is 11.6 Å². The van der Waals surface area contributed by atoms with Crippen LogP contribution in [0.2, 0.25) is 0 Å². The van der Waals surface area contributed by atoms with E-state index in [1.54, 1.807) is 5.57 Å². The number of rotatable bonds is 3. The fourth-order valence-electron chi connectivity index (χ4n) is 2.73. The normalized spacial score (nSPS) is 25.2. The molecule has 0 aliphatic heterocycles. The Morgan fingerprint density at radius 1 is 1.00 bits per heavy atom. The van der Waals surface area contributed by atoms with Crippen molar-refractivity contribution in [2.75, 3.05) is 13.7 Å². The molecule has 0 aromatic rings. The molecule has 1 heteroatoms. The van der Waals surface area contributed by atoms with Crippen LogP contribution in [0.1, 0.15) is 71.1 Å². The Hall–Kier alpha value is -0.300. The van der Waals surface area contributed by atoms with Crippen molar-refractivity contribution in [1.82, 2.24) is 0 Å². The molecule has 1 atom stereocenters. The van der Waals surface area contributed by atoms with Crippen LogP contribution in [-0.2, 0) is 4.74 Å². The summed E-state index contributed by atoms with van der Waals surface area (Å²) in [4.78, 5) is 0. The third-order valence-corrected chi connectivity index (χ3v) is 3.88. The van der Waals surface area contributed by atoms with Crippen molar-refractivity contribution >= 4 is 0 Å². The highest BCUT2D eigenvalue weighted by Gasteiger charge is 2.08. The molecule has 0 heterocycles. The highest BCUT2D eigenvalue weighted by molar-refractivity contribution is 5.06. The molecule has 1 unspecified atom stereocenters. The van der Waals surface area contributed by atoms with Gasteiger partial charge in [0.1, 0.15) is 0 Å². The van der Waals surface area contributed by atoms with Gasteiger partial charge >= 0.3 is 0 Å². The van der Waals surface area contributed by atoms with Gasteiger partial charge in [0.15, 0.2) is 0 Å². The molecule has 0 amide bonds. The van der Waals surface area contributed by atoms with Gasteiger partial charge in [0, 0.05) is 13.0 Å². The second kappa shape index (κ2) is 9.70. The maximum Gasteiger partial charge on any atom is 0.0525 e. The standard InChI is InChI=1S/C16H30O/c1-15(14-17-2)16-12-10-8-6-4-3-5-7-9-11-13-16/h12,15H,3-11,13-14H2,1-2H3/b16-12+. The molecular weight excluding hydrogens is 208 g/mol. The van der Waals surface area contributed by atoms with Crippen LogP contribution in [-0.4, -0.2) is 13.7 Å². The average Bonchev–Trinajstić information content (AvgIpc) is 2.30. The molecule has 0 aromatic heterocycles. The third kappa shape index (κ3) is 6.88. The van der Waals surface area contributed by atoms with Crippen LogP contribution in [0, 0.1) is 5.92 Å². The quantitative estimate of drug-likeness (QED) is 0.621. The average molecular weight is 238 g/mol. The number of hydrogen-bond donors (Lipinski definition) is 0. The van der Waals surface area contributed by atoms with Crippen LogP contribution in [0.15, 0.2) is 11.6 Å². The van der Waals surface area contributed by atoms with Crippen molar-refractivity contribution in [3.8, 4) is 0 Å². The predicted octanol–water partition coefficient (Wildman–Crippen LogP) is 5.11. The van der Waals surface area contributed by atoms with Gasteiger partial charge in [-0.3, -0.25) is 0 Å². The maximum absolute atomic E-state index is 5.29. The first-order chi connectivity index (χ1) is 8.34. The Bertz CT molecular complexity index is 208. The lowest BCUT2D eigenvalue weighted by molar-refractivity contribution is 0.170. The van der Waals surface area contributed by atoms with Crippen molar-refractivity contribution < 1.29 is 4.74 Å². The van der Waals surface area contributed by atoms with Gasteiger partial charge in [0.2, 0.25) is 0 Å². The highest BCUT2D eigenvalue weighted by atomic mass is 16.5. The molecule has 0 fully saturated rings. The van der Waals surface area contributed by atoms with Crippen LogP contribution >= 0.6 is 0 Å². The summed E-state index contributed by atoms with van der Waals surface area (Å²) in [5.74, 6) is 0.614. The van der Waals surface area contributed by atoms with E-state index in [4.69, 9.17) is 4.74 Å². The van der Waals surface area contributed by atoms with E-state index in [-0.39, 0.29) is 0 Å². The number of methoxy groups -OCH3 is 1. The highest BCUT2D eigenvalue weighted by Crippen LogP contribution is 2.22. The summed E-state index contributed by atoms with van der Waals surface area (Å²) in [6, 6.07) is 0. The molecule has 1 rings (SSSR count). The molecule has 0 saturated carbocycles. The van der Waals surface area contributed by atoms with E-state index in [0.717, 1.165) is 6.61 Å². The van der Waals surface area contributed by atoms with E-state index in [2.05, 4.69) is 13.0 Å². The number of ether oxygens (including phenoxy) is 1. The van der Waals surface area contributed by atoms with Crippen molar-refractivity contribution in [2.24, 2.45) is 5.92 Å². The van der Waals surface area contributed by atoms with Gasteiger partial charge in [-0.25, -0.2) is 0 Å². The smallest absolute Gasteiger partial charge is 0.0525 e. The Morgan fingerprint density at radius 2 is 1.59 bits per heavy atom. The molecule has 1 aliphatic rings. The van der Waals surface area contributed by atoms with Crippen molar-refractivity contribution in [3.63, 3.8) is 0 Å². The zero-order valence-electron chi connectivity index (χ0n) is 11.8. The third-order valence-electron chi connectivity index (χ3n) is 3.88. The fraction of sp³-hybridized carbons (Fsp3) is 0.875. The van der Waals surface area contributed by atoms with Gasteiger partial charge < -0.3 is 4.74 Å². The molecule has 0 aromatic carbocycles. The summed E-state index contributed by atoms with van der Waals surface area (Å²) >= 11 is 0. The summed E-state index contributed by atoms with van der Waals surface area (Å²) in [5, 5.41) is 0. The molecule has 100 valence electrons. The summed E-state index contributed by atoms with van der Waals surface area (Å²) in [7, 11) is 1.81. The molecule has 0 bridgehead atoms. The SMILES string of the molecule is COCC(C)/C1=C/CCCCCCCCCC1. The summed E-state index contributed by atoms with van der Waals surface area (Å²) in [6.07, 6.45) is 16.5. The van der Waals surface area contributed by atoms with Gasteiger partial charge in [0.05, 0.1) is 6.61 Å². The van der Waals surface area contributed by atoms with E-state index in [0.29, 0.717) is 5.92 Å². The minimum atomic E-state index is 0.614. The minimum Gasteiger partial charge on any atom is -0.384 e. The minimum absolute atomic E-state index is 0.614. The molecule has 0 radical (unpaired) electrons. The molecule has 0 N–H and O–H groups in total. The van der Waals surface area contributed by atoms with Gasteiger partial charge in [-0.1, -0.05) is 57.1 Å². The van der Waals surface area contributed by atoms with Crippen LogP contribution in [0.3, 0.4) is 0 Å². The number of allylic oxidation sites excluding steroid dienone is 1. The van der Waals surface area contributed by atoms with Gasteiger partial charge in [-0.05, 0) is 25.7 Å². The molecular formula is C16H30O. The second-order valence-electron chi connectivity index (χ2n) is 5.50. The Morgan fingerprint density at radius 3 is 2.24 bits per heavy atom. The Balaban J connectivity index is 2.44. The molecule has 17 heavy (non-hydrogen) atoms. The zero-order valence-corrected chi connectivity index (χ0v) is 11.8. The monoisotopic (exact) mass is 238 g/mol. The summed E-state index contributed by atoms with van der Waals surface area (Å²) in [6.45, 7) is 3.19. The topological polar surface area (TPSA) is 9.23 Å². The van der Waals surface area contributed by atoms with Crippen LogP contribution in [0.4, 0.5) is 0 Å². The van der Waals surface area contributed by atoms with Crippen LogP contribution in [0.25, 0.3) is 0 Å². The summed E-state index contributed by atoms with van der Waals surface area (Å²) < 4.78 is 5.29. The maximum atomic E-state index is 5.29. The van der Waals surface area contributed by atoms with E-state index in [9.17, 15) is 0 Å². The predicted molar refractivity (Wildman–Crippen MR) is 75.3 cm³/mol. The molecule has 0 spiro atoms. The molecule has 1 aliphatic carbocycles. The first kappa shape index (κ1) is 14.8. The molecule has 0 saturated heterocycles. The van der Waals surface area contributed by atoms with Crippen molar-refractivity contribution in [1.29, 1.82) is 0 Å². The molecule has 1 nitrogen and oxygen atoms in total. The summed E-state index contributed by atoms with van der Waals surface area (Å²) in [5.41, 5.74) is 1.65. The van der Waals surface area contributed by atoms with Crippen molar-refractivity contribution in [2.45, 2.75) is 71.1 Å². The lowest BCUT2D eigenvalue weighted by Crippen LogP contribution is -2.07. The van der Waals surface area contributed by atoms with Gasteiger partial charge in [-0.2, -0.15) is 0 Å². The van der Waals surface area contributed by atoms with E-state index in [1.165, 1.54) is 64.2 Å². The van der Waals surface area contributed by atoms with E-state index < -0.39 is 0 Å². The largest absolute Gasteiger partial charge is 0.384 e. The lowest BCUT2D eigenvalue weighted by Gasteiger charge is -2.16. The van der Waals surface area contributed by atoms with Gasteiger partial charge in [-0.15, -0.1) is 0 Å². The zero-order chi connectivity index (χ0) is 12.3. The van der Waals surface area contributed by atoms with Crippen LogP contribution < -0.4 is 0 Å². The van der Waals surface area contributed by atoms with Crippen LogP contribution in [0.5, 0.6) is 0 Å². The Kier molecular flexibility index (Phi) is 8.42.